The van der Waals surface area contributed by atoms with E-state index in [1.807, 2.05) is 0 Å². The third-order valence-electron chi connectivity index (χ3n) is 5.16. The van der Waals surface area contributed by atoms with Crippen molar-refractivity contribution in [1.29, 1.82) is 0 Å². The predicted octanol–water partition coefficient (Wildman–Crippen LogP) is 4.59. The van der Waals surface area contributed by atoms with Crippen molar-refractivity contribution in [2.24, 2.45) is 5.92 Å². The van der Waals surface area contributed by atoms with E-state index in [0.717, 1.165) is 12.8 Å². The van der Waals surface area contributed by atoms with Crippen LogP contribution in [-0.2, 0) is 14.8 Å². The minimum Gasteiger partial charge on any atom is -0.507 e. The Morgan fingerprint density at radius 1 is 1.10 bits per heavy atom. The highest BCUT2D eigenvalue weighted by atomic mass is 79.9. The van der Waals surface area contributed by atoms with E-state index in [9.17, 15) is 18.3 Å². The molecular weight excluding hydrogens is 531 g/mol. The Hall–Kier alpha value is -1.52. The minimum atomic E-state index is -4.01. The summed E-state index contributed by atoms with van der Waals surface area (Å²) in [5, 5.41) is 13.5. The molecule has 0 unspecified atom stereocenters. The summed E-state index contributed by atoms with van der Waals surface area (Å²) in [6.07, 6.45) is 2.84. The maximum absolute atomic E-state index is 12.8. The Labute approximate surface area is 198 Å². The van der Waals surface area contributed by atoms with Crippen LogP contribution in [-0.4, -0.2) is 31.5 Å². The van der Waals surface area contributed by atoms with Gasteiger partial charge in [-0.05, 0) is 49.9 Å². The molecule has 0 saturated heterocycles. The highest BCUT2D eigenvalue weighted by molar-refractivity contribution is 9.10. The number of aromatic hydroxyl groups is 1. The molecule has 2 aromatic carbocycles. The number of halogens is 3. The Kier molecular flexibility index (Phi) is 6.42. The van der Waals surface area contributed by atoms with Crippen molar-refractivity contribution in [3.8, 4) is 17.2 Å². The third kappa shape index (κ3) is 5.28. The lowest BCUT2D eigenvalue weighted by Crippen LogP contribution is -2.53. The Balaban J connectivity index is 1.44. The summed E-state index contributed by atoms with van der Waals surface area (Å²) < 4.78 is 34.5. The van der Waals surface area contributed by atoms with Crippen LogP contribution in [0.4, 0.5) is 0 Å². The highest BCUT2D eigenvalue weighted by Crippen LogP contribution is 2.40. The molecule has 2 fully saturated rings. The number of phenolic OH excluding ortho intramolecular Hbond substituents is 1. The van der Waals surface area contributed by atoms with Crippen LogP contribution in [0.5, 0.6) is 17.2 Å². The highest BCUT2D eigenvalue weighted by Gasteiger charge is 2.37. The second-order valence-electron chi connectivity index (χ2n) is 7.70. The van der Waals surface area contributed by atoms with E-state index in [2.05, 4.69) is 26.0 Å². The number of hydrogen-bond donors (Lipinski definition) is 3. The van der Waals surface area contributed by atoms with Gasteiger partial charge in [0.15, 0.2) is 5.75 Å². The van der Waals surface area contributed by atoms with Gasteiger partial charge in [0.2, 0.25) is 15.9 Å². The van der Waals surface area contributed by atoms with Crippen molar-refractivity contribution < 1.29 is 23.1 Å². The average Bonchev–Trinajstić information content (AvgIpc) is 3.49. The number of carbonyl (C=O) groups excluding carboxylic acids is 1. The molecule has 7 nitrogen and oxygen atoms in total. The first kappa shape index (κ1) is 22.7. The number of phenols is 1. The molecule has 0 atom stereocenters. The quantitative estimate of drug-likeness (QED) is 0.468. The maximum Gasteiger partial charge on any atom is 0.244 e. The molecule has 1 amide bonds. The Morgan fingerprint density at radius 3 is 2.35 bits per heavy atom. The lowest BCUT2D eigenvalue weighted by Gasteiger charge is -2.36. The van der Waals surface area contributed by atoms with Crippen LogP contribution in [0.1, 0.15) is 25.7 Å². The number of benzene rings is 2. The van der Waals surface area contributed by atoms with Crippen molar-refractivity contribution >= 4 is 55.1 Å². The summed E-state index contributed by atoms with van der Waals surface area (Å²) in [5.74, 6) is 0.0576. The molecule has 0 aliphatic heterocycles. The van der Waals surface area contributed by atoms with Gasteiger partial charge in [0, 0.05) is 28.5 Å². The first-order chi connectivity index (χ1) is 14.6. The molecular formula is C20H19BrCl2N2O5S. The van der Waals surface area contributed by atoms with Gasteiger partial charge in [-0.25, -0.2) is 13.1 Å². The Bertz CT molecular complexity index is 1110. The second-order valence-corrected chi connectivity index (χ2v) is 11.1. The SMILES string of the molecule is O=C(NC1CC(NS(=O)(=O)c2cc(Oc3c(Cl)cc(Br)cc3Cl)ccc2O)C1)C1CC1. The molecule has 11 heteroatoms. The predicted molar refractivity (Wildman–Crippen MR) is 120 cm³/mol. The van der Waals surface area contributed by atoms with E-state index < -0.39 is 15.8 Å². The maximum atomic E-state index is 12.8. The normalized spacial score (nSPS) is 20.7. The zero-order chi connectivity index (χ0) is 22.3. The van der Waals surface area contributed by atoms with E-state index in [4.69, 9.17) is 27.9 Å². The first-order valence-corrected chi connectivity index (χ1v) is 12.6. The summed E-state index contributed by atoms with van der Waals surface area (Å²) in [6, 6.07) is 6.67. The van der Waals surface area contributed by atoms with Gasteiger partial charge in [-0.3, -0.25) is 4.79 Å². The third-order valence-corrected chi connectivity index (χ3v) is 7.73. The number of ether oxygens (including phenoxy) is 1. The fraction of sp³-hybridized carbons (Fsp3) is 0.350. The second kappa shape index (κ2) is 8.78. The van der Waals surface area contributed by atoms with Gasteiger partial charge in [-0.2, -0.15) is 0 Å². The van der Waals surface area contributed by atoms with Gasteiger partial charge in [0.1, 0.15) is 16.4 Å². The summed E-state index contributed by atoms with van der Waals surface area (Å²) in [7, 11) is -4.01. The lowest BCUT2D eigenvalue weighted by molar-refractivity contribution is -0.123. The topological polar surface area (TPSA) is 105 Å². The van der Waals surface area contributed by atoms with Gasteiger partial charge in [0.05, 0.1) is 10.0 Å². The van der Waals surface area contributed by atoms with Gasteiger partial charge in [-0.1, -0.05) is 39.1 Å². The van der Waals surface area contributed by atoms with Gasteiger partial charge >= 0.3 is 0 Å². The van der Waals surface area contributed by atoms with Crippen LogP contribution in [0, 0.1) is 5.92 Å². The molecule has 2 aliphatic rings. The van der Waals surface area contributed by atoms with Crippen molar-refractivity contribution in [1.82, 2.24) is 10.0 Å². The molecule has 0 spiro atoms. The number of rotatable bonds is 7. The van der Waals surface area contributed by atoms with E-state index in [1.54, 1.807) is 12.1 Å². The summed E-state index contributed by atoms with van der Waals surface area (Å²) >= 11 is 15.6. The number of nitrogens with one attached hydrogen (secondary N) is 2. The first-order valence-electron chi connectivity index (χ1n) is 9.60. The van der Waals surface area contributed by atoms with Gasteiger partial charge in [-0.15, -0.1) is 0 Å². The molecule has 4 rings (SSSR count). The Morgan fingerprint density at radius 2 is 1.74 bits per heavy atom. The van der Waals surface area contributed by atoms with Crippen LogP contribution < -0.4 is 14.8 Å². The van der Waals surface area contributed by atoms with E-state index >= 15 is 0 Å². The van der Waals surface area contributed by atoms with Crippen molar-refractivity contribution in [2.45, 2.75) is 42.7 Å². The standard InChI is InChI=1S/C20H19BrCl2N2O5S/c21-11-5-15(22)19(16(23)6-11)30-14-3-4-17(26)18(9-14)31(28,29)25-13-7-12(8-13)24-20(27)10-1-2-10/h3-6,9-10,12-13,25-26H,1-2,7-8H2,(H,24,27). The number of hydrogen-bond acceptors (Lipinski definition) is 5. The van der Waals surface area contributed by atoms with Crippen molar-refractivity contribution in [3.63, 3.8) is 0 Å². The van der Waals surface area contributed by atoms with E-state index in [-0.39, 0.29) is 50.3 Å². The molecule has 0 bridgehead atoms. The monoisotopic (exact) mass is 548 g/mol. The molecule has 0 heterocycles. The molecule has 3 N–H and O–H groups in total. The zero-order valence-corrected chi connectivity index (χ0v) is 20.0. The fourth-order valence-electron chi connectivity index (χ4n) is 3.30. The number of carbonyl (C=O) groups is 1. The molecule has 0 radical (unpaired) electrons. The van der Waals surface area contributed by atoms with Gasteiger partial charge in [0.25, 0.3) is 0 Å². The molecule has 31 heavy (non-hydrogen) atoms. The lowest BCUT2D eigenvalue weighted by atomic mass is 9.87. The molecule has 2 aliphatic carbocycles. The summed E-state index contributed by atoms with van der Waals surface area (Å²) in [4.78, 5) is 11.5. The van der Waals surface area contributed by atoms with Crippen LogP contribution in [0.3, 0.4) is 0 Å². The number of amides is 1. The van der Waals surface area contributed by atoms with Crippen LogP contribution in [0.25, 0.3) is 0 Å². The molecule has 2 saturated carbocycles. The minimum absolute atomic E-state index is 0.0363. The zero-order valence-electron chi connectivity index (χ0n) is 16.1. The van der Waals surface area contributed by atoms with Gasteiger partial charge < -0.3 is 15.2 Å². The fourth-order valence-corrected chi connectivity index (χ4v) is 5.96. The summed E-state index contributed by atoms with van der Waals surface area (Å²) in [6.45, 7) is 0. The van der Waals surface area contributed by atoms with E-state index in [1.165, 1.54) is 18.2 Å². The average molecular weight is 550 g/mol. The molecule has 2 aromatic rings. The number of sulfonamides is 1. The smallest absolute Gasteiger partial charge is 0.244 e. The van der Waals surface area contributed by atoms with Crippen molar-refractivity contribution in [3.05, 3.63) is 44.8 Å². The summed E-state index contributed by atoms with van der Waals surface area (Å²) in [5.41, 5.74) is 0. The molecule has 166 valence electrons. The largest absolute Gasteiger partial charge is 0.507 e. The van der Waals surface area contributed by atoms with Crippen LogP contribution >= 0.6 is 39.1 Å². The van der Waals surface area contributed by atoms with Crippen LogP contribution in [0.15, 0.2) is 39.7 Å². The van der Waals surface area contributed by atoms with Crippen molar-refractivity contribution in [2.75, 3.05) is 0 Å². The van der Waals surface area contributed by atoms with E-state index in [0.29, 0.717) is 17.3 Å². The molecule has 0 aromatic heterocycles. The van der Waals surface area contributed by atoms with Crippen LogP contribution in [0.2, 0.25) is 10.0 Å².